The summed E-state index contributed by atoms with van der Waals surface area (Å²) in [4.78, 5) is 13.8. The van der Waals surface area contributed by atoms with Crippen molar-refractivity contribution in [3.63, 3.8) is 0 Å². The number of hydrogen-bond acceptors (Lipinski definition) is 1. The Labute approximate surface area is 106 Å². The predicted molar refractivity (Wildman–Crippen MR) is 67.9 cm³/mol. The Bertz CT molecular complexity index is 408. The number of carbonyl (C=O) groups is 1. The minimum atomic E-state index is -0.527. The number of nitrogens with zero attached hydrogens (tertiary/aromatic N) is 1. The van der Waals surface area contributed by atoms with Crippen LogP contribution in [-0.4, -0.2) is 23.4 Å². The molecule has 0 aliphatic carbocycles. The van der Waals surface area contributed by atoms with E-state index >= 15 is 0 Å². The van der Waals surface area contributed by atoms with E-state index < -0.39 is 5.82 Å². The first kappa shape index (κ1) is 14.0. The van der Waals surface area contributed by atoms with E-state index in [1.54, 1.807) is 4.90 Å². The molecule has 4 heteroatoms. The minimum absolute atomic E-state index is 0.0413. The molecule has 1 rings (SSSR count). The SMILES string of the molecule is CCC(C)N(CC)C(=O)c1cc(Cl)ccc1F. The summed E-state index contributed by atoms with van der Waals surface area (Å²) in [6.07, 6.45) is 0.835. The van der Waals surface area contributed by atoms with Gasteiger partial charge in [0.25, 0.3) is 5.91 Å². The van der Waals surface area contributed by atoms with Crippen LogP contribution >= 0.6 is 11.6 Å². The molecular weight excluding hydrogens is 241 g/mol. The number of benzene rings is 1. The molecule has 0 fully saturated rings. The fourth-order valence-electron chi connectivity index (χ4n) is 1.69. The molecule has 0 bridgehead atoms. The van der Waals surface area contributed by atoms with Gasteiger partial charge in [-0.1, -0.05) is 18.5 Å². The van der Waals surface area contributed by atoms with Gasteiger partial charge in [-0.2, -0.15) is 0 Å². The average Bonchev–Trinajstić information content (AvgIpc) is 2.32. The summed E-state index contributed by atoms with van der Waals surface area (Å²) in [7, 11) is 0. The molecule has 1 atom stereocenters. The highest BCUT2D eigenvalue weighted by Gasteiger charge is 2.21. The van der Waals surface area contributed by atoms with Crippen LogP contribution in [0.1, 0.15) is 37.6 Å². The standard InChI is InChI=1S/C13H17ClFNO/c1-4-9(3)16(5-2)13(17)11-8-10(14)6-7-12(11)15/h6-9H,4-5H2,1-3H3. The molecule has 1 aromatic rings. The second-order valence-electron chi connectivity index (χ2n) is 3.97. The lowest BCUT2D eigenvalue weighted by atomic mass is 10.1. The van der Waals surface area contributed by atoms with E-state index in [1.807, 2.05) is 20.8 Å². The molecule has 17 heavy (non-hydrogen) atoms. The maximum absolute atomic E-state index is 13.6. The molecule has 1 aromatic carbocycles. The summed E-state index contributed by atoms with van der Waals surface area (Å²) in [5.41, 5.74) is 0.0413. The fourth-order valence-corrected chi connectivity index (χ4v) is 1.86. The van der Waals surface area contributed by atoms with Gasteiger partial charge >= 0.3 is 0 Å². The molecule has 0 spiro atoms. The van der Waals surface area contributed by atoms with Crippen LogP contribution in [0.25, 0.3) is 0 Å². The van der Waals surface area contributed by atoms with Gasteiger partial charge in [0.1, 0.15) is 5.82 Å². The van der Waals surface area contributed by atoms with E-state index in [2.05, 4.69) is 0 Å². The van der Waals surface area contributed by atoms with Crippen LogP contribution < -0.4 is 0 Å². The molecule has 0 radical (unpaired) electrons. The van der Waals surface area contributed by atoms with Gasteiger partial charge in [-0.25, -0.2) is 4.39 Å². The van der Waals surface area contributed by atoms with Crippen LogP contribution in [0, 0.1) is 5.82 Å². The number of carbonyl (C=O) groups excluding carboxylic acids is 1. The van der Waals surface area contributed by atoms with Gasteiger partial charge in [0, 0.05) is 17.6 Å². The van der Waals surface area contributed by atoms with Gasteiger partial charge in [-0.05, 0) is 38.5 Å². The molecule has 0 saturated carbocycles. The normalized spacial score (nSPS) is 12.3. The molecule has 0 aromatic heterocycles. The van der Waals surface area contributed by atoms with Crippen molar-refractivity contribution >= 4 is 17.5 Å². The lowest BCUT2D eigenvalue weighted by Gasteiger charge is -2.27. The molecule has 0 aliphatic rings. The van der Waals surface area contributed by atoms with Gasteiger partial charge in [-0.15, -0.1) is 0 Å². The summed E-state index contributed by atoms with van der Waals surface area (Å²) >= 11 is 5.78. The summed E-state index contributed by atoms with van der Waals surface area (Å²) in [6, 6.07) is 4.13. The maximum atomic E-state index is 13.6. The highest BCUT2D eigenvalue weighted by atomic mass is 35.5. The van der Waals surface area contributed by atoms with Crippen LogP contribution in [-0.2, 0) is 0 Å². The van der Waals surface area contributed by atoms with Gasteiger partial charge in [0.15, 0.2) is 0 Å². The fraction of sp³-hybridized carbons (Fsp3) is 0.462. The number of halogens is 2. The smallest absolute Gasteiger partial charge is 0.257 e. The Balaban J connectivity index is 3.05. The third-order valence-electron chi connectivity index (χ3n) is 2.88. The molecule has 1 amide bonds. The molecule has 0 heterocycles. The van der Waals surface area contributed by atoms with Crippen LogP contribution in [0.3, 0.4) is 0 Å². The van der Waals surface area contributed by atoms with Gasteiger partial charge in [-0.3, -0.25) is 4.79 Å². The van der Waals surface area contributed by atoms with Crippen molar-refractivity contribution in [1.82, 2.24) is 4.90 Å². The molecule has 2 nitrogen and oxygen atoms in total. The minimum Gasteiger partial charge on any atom is -0.336 e. The number of hydrogen-bond donors (Lipinski definition) is 0. The zero-order chi connectivity index (χ0) is 13.0. The summed E-state index contributed by atoms with van der Waals surface area (Å²) < 4.78 is 13.6. The van der Waals surface area contributed by atoms with Crippen LogP contribution in [0.15, 0.2) is 18.2 Å². The molecular formula is C13H17ClFNO. The van der Waals surface area contributed by atoms with Crippen molar-refractivity contribution < 1.29 is 9.18 Å². The highest BCUT2D eigenvalue weighted by molar-refractivity contribution is 6.31. The Kier molecular flexibility index (Phi) is 4.94. The third kappa shape index (κ3) is 3.19. The maximum Gasteiger partial charge on any atom is 0.257 e. The van der Waals surface area contributed by atoms with E-state index in [-0.39, 0.29) is 17.5 Å². The van der Waals surface area contributed by atoms with Crippen molar-refractivity contribution in [3.8, 4) is 0 Å². The topological polar surface area (TPSA) is 20.3 Å². The van der Waals surface area contributed by atoms with Gasteiger partial charge in [0.2, 0.25) is 0 Å². The monoisotopic (exact) mass is 257 g/mol. The van der Waals surface area contributed by atoms with Crippen molar-refractivity contribution in [2.45, 2.75) is 33.2 Å². The van der Waals surface area contributed by atoms with Crippen molar-refractivity contribution in [1.29, 1.82) is 0 Å². The van der Waals surface area contributed by atoms with Crippen LogP contribution in [0.2, 0.25) is 5.02 Å². The molecule has 0 saturated heterocycles. The van der Waals surface area contributed by atoms with Crippen molar-refractivity contribution in [3.05, 3.63) is 34.6 Å². The van der Waals surface area contributed by atoms with E-state index in [0.29, 0.717) is 11.6 Å². The Morgan fingerprint density at radius 3 is 2.65 bits per heavy atom. The first-order valence-electron chi connectivity index (χ1n) is 5.77. The highest BCUT2D eigenvalue weighted by Crippen LogP contribution is 2.18. The summed E-state index contributed by atoms with van der Waals surface area (Å²) in [5.74, 6) is -0.831. The van der Waals surface area contributed by atoms with E-state index in [4.69, 9.17) is 11.6 Å². The average molecular weight is 258 g/mol. The van der Waals surface area contributed by atoms with E-state index in [0.717, 1.165) is 6.42 Å². The van der Waals surface area contributed by atoms with E-state index in [9.17, 15) is 9.18 Å². The zero-order valence-corrected chi connectivity index (χ0v) is 11.1. The second-order valence-corrected chi connectivity index (χ2v) is 4.41. The largest absolute Gasteiger partial charge is 0.336 e. The molecule has 0 N–H and O–H groups in total. The Hall–Kier alpha value is -1.09. The lowest BCUT2D eigenvalue weighted by molar-refractivity contribution is 0.0695. The number of amides is 1. The second kappa shape index (κ2) is 6.01. The van der Waals surface area contributed by atoms with Gasteiger partial charge in [0.05, 0.1) is 5.56 Å². The summed E-state index contributed by atoms with van der Waals surface area (Å²) in [6.45, 7) is 6.38. The number of rotatable bonds is 4. The van der Waals surface area contributed by atoms with Gasteiger partial charge < -0.3 is 4.90 Å². The Morgan fingerprint density at radius 1 is 1.47 bits per heavy atom. The van der Waals surface area contributed by atoms with Crippen molar-refractivity contribution in [2.75, 3.05) is 6.54 Å². The Morgan fingerprint density at radius 2 is 2.12 bits per heavy atom. The van der Waals surface area contributed by atoms with E-state index in [1.165, 1.54) is 18.2 Å². The lowest BCUT2D eigenvalue weighted by Crippen LogP contribution is -2.38. The predicted octanol–water partition coefficient (Wildman–Crippen LogP) is 3.74. The zero-order valence-electron chi connectivity index (χ0n) is 10.3. The van der Waals surface area contributed by atoms with Crippen LogP contribution in [0.5, 0.6) is 0 Å². The third-order valence-corrected chi connectivity index (χ3v) is 3.12. The molecule has 0 aliphatic heterocycles. The van der Waals surface area contributed by atoms with Crippen molar-refractivity contribution in [2.24, 2.45) is 0 Å². The quantitative estimate of drug-likeness (QED) is 0.805. The first-order chi connectivity index (χ1) is 8.01. The van der Waals surface area contributed by atoms with Crippen LogP contribution in [0.4, 0.5) is 4.39 Å². The summed E-state index contributed by atoms with van der Waals surface area (Å²) in [5, 5.41) is 0.370. The molecule has 1 unspecified atom stereocenters. The first-order valence-corrected chi connectivity index (χ1v) is 6.15. The molecule has 94 valence electrons.